The Kier molecular flexibility index (Phi) is 7.77. The van der Waals surface area contributed by atoms with Gasteiger partial charge in [-0.2, -0.15) is 0 Å². The van der Waals surface area contributed by atoms with Gasteiger partial charge < -0.3 is 25.7 Å². The number of hydrogen-bond donors (Lipinski definition) is 3. The van der Waals surface area contributed by atoms with E-state index in [0.717, 1.165) is 34.9 Å². The lowest BCUT2D eigenvalue weighted by Gasteiger charge is -2.40. The second kappa shape index (κ2) is 11.2. The third kappa shape index (κ3) is 6.34. The zero-order chi connectivity index (χ0) is 27.6. The number of ether oxygens (including phenoxy) is 1. The van der Waals surface area contributed by atoms with Gasteiger partial charge in [0.25, 0.3) is 0 Å². The van der Waals surface area contributed by atoms with Gasteiger partial charge in [-0.1, -0.05) is 60.1 Å². The minimum atomic E-state index is -0.593. The zero-order valence-electron chi connectivity index (χ0n) is 22.5. The zero-order valence-corrected chi connectivity index (χ0v) is 23.3. The molecule has 0 spiro atoms. The molecule has 204 valence electrons. The first-order valence-corrected chi connectivity index (χ1v) is 13.7. The molecule has 1 aliphatic carbocycles. The molecular weight excluding hydrogens is 512 g/mol. The number of anilines is 1. The molecule has 2 heterocycles. The number of amides is 1. The van der Waals surface area contributed by atoms with Crippen LogP contribution in [0.5, 0.6) is 0 Å². The van der Waals surface area contributed by atoms with Crippen LogP contribution >= 0.6 is 11.6 Å². The van der Waals surface area contributed by atoms with Crippen molar-refractivity contribution in [1.29, 1.82) is 0 Å². The number of halogens is 1. The second-order valence-corrected chi connectivity index (χ2v) is 11.5. The van der Waals surface area contributed by atoms with Crippen LogP contribution in [0.15, 0.2) is 67.0 Å². The van der Waals surface area contributed by atoms with Gasteiger partial charge in [0.05, 0.1) is 16.9 Å². The lowest BCUT2D eigenvalue weighted by Crippen LogP contribution is -2.53. The molecule has 1 amide bonds. The van der Waals surface area contributed by atoms with E-state index >= 15 is 0 Å². The summed E-state index contributed by atoms with van der Waals surface area (Å²) in [6.45, 7) is 6.12. The summed E-state index contributed by atoms with van der Waals surface area (Å²) >= 11 is 6.54. The Bertz CT molecular complexity index is 1430. The van der Waals surface area contributed by atoms with Crippen molar-refractivity contribution in [3.8, 4) is 11.3 Å². The molecule has 3 atom stereocenters. The Morgan fingerprint density at radius 1 is 1.15 bits per heavy atom. The van der Waals surface area contributed by atoms with E-state index in [1.54, 1.807) is 6.20 Å². The first kappa shape index (κ1) is 27.0. The molecule has 4 N–H and O–H groups in total. The molecule has 1 saturated carbocycles. The lowest BCUT2D eigenvalue weighted by atomic mass is 9.86. The number of carbonyl (C=O) groups is 1. The summed E-state index contributed by atoms with van der Waals surface area (Å²) in [5.74, 6) is 0.452. The molecule has 0 saturated heterocycles. The summed E-state index contributed by atoms with van der Waals surface area (Å²) < 4.78 is 5.80. The topological polar surface area (TPSA) is 109 Å². The lowest BCUT2D eigenvalue weighted by molar-refractivity contribution is 0.00869. The molecule has 4 aromatic rings. The Balaban J connectivity index is 1.38. The van der Waals surface area contributed by atoms with Crippen molar-refractivity contribution >= 4 is 34.5 Å². The van der Waals surface area contributed by atoms with Crippen molar-refractivity contribution in [2.45, 2.75) is 70.3 Å². The van der Waals surface area contributed by atoms with Crippen molar-refractivity contribution < 1.29 is 9.53 Å². The average Bonchev–Trinajstić information content (AvgIpc) is 3.33. The minimum Gasteiger partial charge on any atom is -0.444 e. The maximum absolute atomic E-state index is 13.3. The van der Waals surface area contributed by atoms with Gasteiger partial charge >= 0.3 is 6.09 Å². The van der Waals surface area contributed by atoms with E-state index in [-0.39, 0.29) is 24.2 Å². The fraction of sp³-hybridized carbons (Fsp3) is 0.367. The molecule has 39 heavy (non-hydrogen) atoms. The normalized spacial score (nSPS) is 19.6. The summed E-state index contributed by atoms with van der Waals surface area (Å²) in [5, 5.41) is 4.95. The monoisotopic (exact) mass is 546 g/mol. The first-order valence-electron chi connectivity index (χ1n) is 13.3. The standard InChI is InChI=1S/C30H35ClN6O2/c1-30(2,3)39-29(38)37(18-19-9-5-4-6-10-19)20-13-14-24(32)26(15-20)35-28-34-17-23(31)27(36-28)22-16-33-25-12-8-7-11-21(22)25/h4-12,16-17,20,24,26,33H,13-15,18,32H2,1-3H3,(H,34,35,36)/t20-,24?,26+/m0/s1. The van der Waals surface area contributed by atoms with E-state index in [1.165, 1.54) is 0 Å². The number of rotatable bonds is 6. The number of nitrogens with two attached hydrogens (primary N) is 1. The third-order valence-electron chi connectivity index (χ3n) is 7.04. The highest BCUT2D eigenvalue weighted by Gasteiger charge is 2.36. The van der Waals surface area contributed by atoms with Gasteiger partial charge in [-0.3, -0.25) is 0 Å². The Morgan fingerprint density at radius 3 is 2.67 bits per heavy atom. The fourth-order valence-corrected chi connectivity index (χ4v) is 5.32. The van der Waals surface area contributed by atoms with Gasteiger partial charge in [0.15, 0.2) is 0 Å². The predicted molar refractivity (Wildman–Crippen MR) is 156 cm³/mol. The molecule has 0 aliphatic heterocycles. The smallest absolute Gasteiger partial charge is 0.410 e. The van der Waals surface area contributed by atoms with Crippen LogP contribution in [0.4, 0.5) is 10.7 Å². The largest absolute Gasteiger partial charge is 0.444 e. The van der Waals surface area contributed by atoms with Crippen molar-refractivity contribution in [3.63, 3.8) is 0 Å². The summed E-state index contributed by atoms with van der Waals surface area (Å²) in [4.78, 5) is 27.7. The van der Waals surface area contributed by atoms with Crippen molar-refractivity contribution in [2.24, 2.45) is 5.73 Å². The van der Waals surface area contributed by atoms with Gasteiger partial charge in [0.1, 0.15) is 5.60 Å². The summed E-state index contributed by atoms with van der Waals surface area (Å²) in [6, 6.07) is 17.7. The van der Waals surface area contributed by atoms with Crippen LogP contribution in [0.1, 0.15) is 45.6 Å². The molecule has 1 unspecified atom stereocenters. The molecule has 9 heteroatoms. The summed E-state index contributed by atoms with van der Waals surface area (Å²) in [5.41, 5.74) is 9.59. The molecule has 2 aromatic carbocycles. The SMILES string of the molecule is CC(C)(C)OC(=O)N(Cc1ccccc1)[C@H]1CCC(N)[C@H](Nc2ncc(Cl)c(-c3c[nH]c4ccccc34)n2)C1. The third-order valence-corrected chi connectivity index (χ3v) is 7.32. The van der Waals surface area contributed by atoms with E-state index in [9.17, 15) is 4.79 Å². The molecule has 1 aliphatic rings. The number of aromatic amines is 1. The van der Waals surface area contributed by atoms with Gasteiger partial charge in [0, 0.05) is 47.3 Å². The highest BCUT2D eigenvalue weighted by molar-refractivity contribution is 6.33. The maximum atomic E-state index is 13.3. The second-order valence-electron chi connectivity index (χ2n) is 11.1. The van der Waals surface area contributed by atoms with Crippen LogP contribution in [0.3, 0.4) is 0 Å². The number of aromatic nitrogens is 3. The van der Waals surface area contributed by atoms with Crippen LogP contribution in [-0.4, -0.2) is 49.7 Å². The number of H-pyrrole nitrogens is 1. The maximum Gasteiger partial charge on any atom is 0.410 e. The Morgan fingerprint density at radius 2 is 1.90 bits per heavy atom. The summed E-state index contributed by atoms with van der Waals surface area (Å²) in [6.07, 6.45) is 5.37. The van der Waals surface area contributed by atoms with Crippen molar-refractivity contribution in [1.82, 2.24) is 19.9 Å². The highest BCUT2D eigenvalue weighted by Crippen LogP contribution is 2.33. The number of hydrogen-bond acceptors (Lipinski definition) is 6. The molecule has 0 radical (unpaired) electrons. The fourth-order valence-electron chi connectivity index (χ4n) is 5.12. The Hall–Kier alpha value is -3.62. The number of para-hydroxylation sites is 1. The number of carbonyl (C=O) groups excluding carboxylic acids is 1. The minimum absolute atomic E-state index is 0.0576. The first-order chi connectivity index (χ1) is 18.7. The van der Waals surface area contributed by atoms with Crippen LogP contribution in [0.2, 0.25) is 5.02 Å². The number of nitrogens with zero attached hydrogens (tertiary/aromatic N) is 3. The molecule has 2 aromatic heterocycles. The number of benzene rings is 2. The average molecular weight is 547 g/mol. The van der Waals surface area contributed by atoms with E-state index in [2.05, 4.69) is 15.3 Å². The van der Waals surface area contributed by atoms with Gasteiger partial charge in [-0.05, 0) is 51.7 Å². The van der Waals surface area contributed by atoms with Gasteiger partial charge in [-0.15, -0.1) is 0 Å². The van der Waals surface area contributed by atoms with Crippen LogP contribution < -0.4 is 11.1 Å². The van der Waals surface area contributed by atoms with Crippen LogP contribution in [0, 0.1) is 0 Å². The number of nitrogens with one attached hydrogen (secondary N) is 2. The number of fused-ring (bicyclic) bond motifs is 1. The van der Waals surface area contributed by atoms with Gasteiger partial charge in [0.2, 0.25) is 5.95 Å². The molecule has 0 bridgehead atoms. The van der Waals surface area contributed by atoms with Crippen LogP contribution in [0.25, 0.3) is 22.2 Å². The van der Waals surface area contributed by atoms with Crippen molar-refractivity contribution in [3.05, 3.63) is 77.6 Å². The molecule has 1 fully saturated rings. The summed E-state index contributed by atoms with van der Waals surface area (Å²) in [7, 11) is 0. The van der Waals surface area contributed by atoms with Crippen LogP contribution in [-0.2, 0) is 11.3 Å². The molecule has 8 nitrogen and oxygen atoms in total. The van der Waals surface area contributed by atoms with E-state index in [1.807, 2.05) is 86.5 Å². The molecular formula is C30H35ClN6O2. The van der Waals surface area contributed by atoms with Gasteiger partial charge in [-0.25, -0.2) is 14.8 Å². The highest BCUT2D eigenvalue weighted by atomic mass is 35.5. The quantitative estimate of drug-likeness (QED) is 0.259. The Labute approximate surface area is 233 Å². The van der Waals surface area contributed by atoms with E-state index < -0.39 is 5.60 Å². The molecule has 5 rings (SSSR count). The van der Waals surface area contributed by atoms with E-state index in [4.69, 9.17) is 27.1 Å². The predicted octanol–water partition coefficient (Wildman–Crippen LogP) is 6.38. The van der Waals surface area contributed by atoms with E-state index in [0.29, 0.717) is 29.6 Å². The van der Waals surface area contributed by atoms with Crippen molar-refractivity contribution in [2.75, 3.05) is 5.32 Å².